The van der Waals surface area contributed by atoms with Crippen LogP contribution in [-0.2, 0) is 4.74 Å². The summed E-state index contributed by atoms with van der Waals surface area (Å²) in [7, 11) is 0. The number of rotatable bonds is 6. The molecule has 21 heavy (non-hydrogen) atoms. The lowest BCUT2D eigenvalue weighted by Gasteiger charge is -2.45. The van der Waals surface area contributed by atoms with Crippen molar-refractivity contribution in [3.8, 4) is 0 Å². The molecule has 1 aromatic rings. The highest BCUT2D eigenvalue weighted by molar-refractivity contribution is 5.47. The SMILES string of the molecule is CCNC(c1cnccc1N)C1(OCC)CCC(C)CC1. The summed E-state index contributed by atoms with van der Waals surface area (Å²) < 4.78 is 6.30. The van der Waals surface area contributed by atoms with E-state index >= 15 is 0 Å². The third-order valence-electron chi connectivity index (χ3n) is 4.68. The Bertz CT molecular complexity index is 441. The minimum atomic E-state index is -0.158. The number of ether oxygens (including phenoxy) is 1. The average Bonchev–Trinajstić information content (AvgIpc) is 2.49. The van der Waals surface area contributed by atoms with Crippen LogP contribution in [0.2, 0.25) is 0 Å². The second-order valence-electron chi connectivity index (χ2n) is 6.18. The third-order valence-corrected chi connectivity index (χ3v) is 4.68. The van der Waals surface area contributed by atoms with E-state index in [0.717, 1.165) is 43.2 Å². The van der Waals surface area contributed by atoms with E-state index in [1.807, 2.05) is 12.3 Å². The Kier molecular flexibility index (Phi) is 5.59. The van der Waals surface area contributed by atoms with Crippen molar-refractivity contribution in [1.29, 1.82) is 0 Å². The molecule has 1 aromatic heterocycles. The molecule has 4 heteroatoms. The lowest BCUT2D eigenvalue weighted by atomic mass is 9.73. The molecular formula is C17H29N3O. The number of anilines is 1. The minimum absolute atomic E-state index is 0.114. The molecule has 1 saturated carbocycles. The Morgan fingerprint density at radius 3 is 2.71 bits per heavy atom. The summed E-state index contributed by atoms with van der Waals surface area (Å²) in [5.74, 6) is 0.784. The Morgan fingerprint density at radius 1 is 1.43 bits per heavy atom. The fourth-order valence-corrected chi connectivity index (χ4v) is 3.50. The van der Waals surface area contributed by atoms with E-state index in [9.17, 15) is 0 Å². The number of nitrogens with zero attached hydrogens (tertiary/aromatic N) is 1. The van der Waals surface area contributed by atoms with E-state index in [1.54, 1.807) is 6.20 Å². The van der Waals surface area contributed by atoms with E-state index in [4.69, 9.17) is 10.5 Å². The quantitative estimate of drug-likeness (QED) is 0.844. The van der Waals surface area contributed by atoms with Gasteiger partial charge >= 0.3 is 0 Å². The fourth-order valence-electron chi connectivity index (χ4n) is 3.50. The number of hydrogen-bond acceptors (Lipinski definition) is 4. The number of aromatic nitrogens is 1. The van der Waals surface area contributed by atoms with Crippen LogP contribution in [0.1, 0.15) is 58.1 Å². The normalized spacial score (nSPS) is 27.5. The number of likely N-dealkylation sites (N-methyl/N-ethyl adjacent to an activating group) is 1. The molecule has 3 N–H and O–H groups in total. The van der Waals surface area contributed by atoms with Gasteiger partial charge in [-0.1, -0.05) is 13.8 Å². The van der Waals surface area contributed by atoms with Gasteiger partial charge in [-0.05, 0) is 51.1 Å². The molecular weight excluding hydrogens is 262 g/mol. The lowest BCUT2D eigenvalue weighted by Crippen LogP contribution is -2.48. The van der Waals surface area contributed by atoms with E-state index < -0.39 is 0 Å². The molecule has 1 atom stereocenters. The van der Waals surface area contributed by atoms with Crippen molar-refractivity contribution < 1.29 is 4.74 Å². The summed E-state index contributed by atoms with van der Waals surface area (Å²) in [6.07, 6.45) is 8.21. The monoisotopic (exact) mass is 291 g/mol. The molecule has 1 heterocycles. The van der Waals surface area contributed by atoms with Gasteiger partial charge in [-0.3, -0.25) is 4.98 Å². The van der Waals surface area contributed by atoms with Crippen molar-refractivity contribution in [2.45, 2.75) is 58.1 Å². The van der Waals surface area contributed by atoms with Crippen molar-refractivity contribution in [2.75, 3.05) is 18.9 Å². The number of nitrogens with two attached hydrogens (primary N) is 1. The standard InChI is InChI=1S/C17H29N3O/c1-4-20-16(14-12-19-11-8-15(14)18)17(21-5-2)9-6-13(3)7-10-17/h8,11-13,16,20H,4-7,9-10H2,1-3H3,(H2,18,19). The van der Waals surface area contributed by atoms with E-state index in [0.29, 0.717) is 0 Å². The summed E-state index contributed by atoms with van der Waals surface area (Å²) in [5.41, 5.74) is 7.92. The van der Waals surface area contributed by atoms with E-state index in [-0.39, 0.29) is 11.6 Å². The van der Waals surface area contributed by atoms with Crippen LogP contribution >= 0.6 is 0 Å². The summed E-state index contributed by atoms with van der Waals surface area (Å²) in [6.45, 7) is 8.16. The number of nitrogens with one attached hydrogen (secondary N) is 1. The number of hydrogen-bond donors (Lipinski definition) is 2. The highest BCUT2D eigenvalue weighted by atomic mass is 16.5. The van der Waals surface area contributed by atoms with Gasteiger partial charge in [-0.15, -0.1) is 0 Å². The molecule has 1 fully saturated rings. The van der Waals surface area contributed by atoms with Crippen molar-refractivity contribution in [3.05, 3.63) is 24.0 Å². The van der Waals surface area contributed by atoms with Gasteiger partial charge < -0.3 is 15.8 Å². The topological polar surface area (TPSA) is 60.2 Å². The summed E-state index contributed by atoms with van der Waals surface area (Å²) >= 11 is 0. The molecule has 2 rings (SSSR count). The minimum Gasteiger partial charge on any atom is -0.398 e. The zero-order valence-electron chi connectivity index (χ0n) is 13.6. The molecule has 0 spiro atoms. The van der Waals surface area contributed by atoms with Crippen LogP contribution in [0.5, 0.6) is 0 Å². The lowest BCUT2D eigenvalue weighted by molar-refractivity contribution is -0.0972. The second-order valence-corrected chi connectivity index (χ2v) is 6.18. The first-order chi connectivity index (χ1) is 10.1. The van der Waals surface area contributed by atoms with Gasteiger partial charge in [0.2, 0.25) is 0 Å². The predicted molar refractivity (Wildman–Crippen MR) is 87.1 cm³/mol. The molecule has 1 unspecified atom stereocenters. The molecule has 1 aliphatic rings. The largest absolute Gasteiger partial charge is 0.398 e. The Labute approximate surface area is 128 Å². The molecule has 1 aliphatic carbocycles. The van der Waals surface area contributed by atoms with Crippen LogP contribution in [0.3, 0.4) is 0 Å². The molecule has 0 saturated heterocycles. The van der Waals surface area contributed by atoms with Crippen LogP contribution in [0, 0.1) is 5.92 Å². The first-order valence-electron chi connectivity index (χ1n) is 8.19. The van der Waals surface area contributed by atoms with Gasteiger partial charge in [0, 0.05) is 30.3 Å². The van der Waals surface area contributed by atoms with Gasteiger partial charge in [-0.2, -0.15) is 0 Å². The van der Waals surface area contributed by atoms with Gasteiger partial charge in [0.15, 0.2) is 0 Å². The van der Waals surface area contributed by atoms with E-state index in [2.05, 4.69) is 31.1 Å². The zero-order valence-corrected chi connectivity index (χ0v) is 13.6. The van der Waals surface area contributed by atoms with Crippen molar-refractivity contribution >= 4 is 5.69 Å². The zero-order chi connectivity index (χ0) is 15.3. The maximum Gasteiger partial charge on any atom is 0.0877 e. The summed E-state index contributed by atoms with van der Waals surface area (Å²) in [5, 5.41) is 3.60. The molecule has 0 aromatic carbocycles. The first-order valence-corrected chi connectivity index (χ1v) is 8.19. The van der Waals surface area contributed by atoms with Crippen molar-refractivity contribution in [2.24, 2.45) is 5.92 Å². The van der Waals surface area contributed by atoms with Crippen molar-refractivity contribution in [3.63, 3.8) is 0 Å². The number of pyridine rings is 1. The predicted octanol–water partition coefficient (Wildman–Crippen LogP) is 3.30. The van der Waals surface area contributed by atoms with Gasteiger partial charge in [0.05, 0.1) is 11.6 Å². The fraction of sp³-hybridized carbons (Fsp3) is 0.706. The Morgan fingerprint density at radius 2 is 2.14 bits per heavy atom. The smallest absolute Gasteiger partial charge is 0.0877 e. The highest BCUT2D eigenvalue weighted by Crippen LogP contribution is 2.44. The molecule has 0 radical (unpaired) electrons. The average molecular weight is 291 g/mol. The van der Waals surface area contributed by atoms with Crippen LogP contribution in [0.25, 0.3) is 0 Å². The molecule has 0 amide bonds. The third kappa shape index (κ3) is 3.55. The van der Waals surface area contributed by atoms with Crippen LogP contribution in [0.4, 0.5) is 5.69 Å². The summed E-state index contributed by atoms with van der Waals surface area (Å²) in [4.78, 5) is 4.27. The van der Waals surface area contributed by atoms with Gasteiger partial charge in [0.1, 0.15) is 0 Å². The molecule has 0 bridgehead atoms. The molecule has 0 aliphatic heterocycles. The van der Waals surface area contributed by atoms with E-state index in [1.165, 1.54) is 12.8 Å². The Hall–Kier alpha value is -1.13. The highest BCUT2D eigenvalue weighted by Gasteiger charge is 2.43. The van der Waals surface area contributed by atoms with Crippen LogP contribution in [0.15, 0.2) is 18.5 Å². The maximum absolute atomic E-state index is 6.30. The Balaban J connectivity index is 2.35. The molecule has 118 valence electrons. The molecule has 4 nitrogen and oxygen atoms in total. The van der Waals surface area contributed by atoms with Gasteiger partial charge in [0.25, 0.3) is 0 Å². The first kappa shape index (κ1) is 16.2. The summed E-state index contributed by atoms with van der Waals surface area (Å²) in [6, 6.07) is 1.99. The number of nitrogen functional groups attached to an aromatic ring is 1. The van der Waals surface area contributed by atoms with Crippen molar-refractivity contribution in [1.82, 2.24) is 10.3 Å². The maximum atomic E-state index is 6.30. The van der Waals surface area contributed by atoms with Gasteiger partial charge in [-0.25, -0.2) is 0 Å². The second kappa shape index (κ2) is 7.23. The van der Waals surface area contributed by atoms with Crippen LogP contribution in [-0.4, -0.2) is 23.7 Å². The van der Waals surface area contributed by atoms with Crippen LogP contribution < -0.4 is 11.1 Å².